The Morgan fingerprint density at radius 1 is 1.00 bits per heavy atom. The number of fused-ring (bicyclic) bond motifs is 2. The second-order valence-corrected chi connectivity index (χ2v) is 8.24. The molecule has 2 fully saturated rings. The lowest BCUT2D eigenvalue weighted by atomic mass is 10.0. The number of anilines is 1. The van der Waals surface area contributed by atoms with Gasteiger partial charge in [-0.25, -0.2) is 18.2 Å². The SMILES string of the molecule is CCc1c(F)cccc1C(=O)N1CC2CN(c3cnc4cc(F)c(F)cc4n3)CC2C1. The molecular formula is C23H21F3N4O. The monoisotopic (exact) mass is 426 g/mol. The van der Waals surface area contributed by atoms with Crippen molar-refractivity contribution in [3.05, 3.63) is 65.1 Å². The van der Waals surface area contributed by atoms with E-state index in [1.54, 1.807) is 18.3 Å². The van der Waals surface area contributed by atoms with Crippen LogP contribution in [0, 0.1) is 29.3 Å². The molecule has 31 heavy (non-hydrogen) atoms. The van der Waals surface area contributed by atoms with Gasteiger partial charge >= 0.3 is 0 Å². The summed E-state index contributed by atoms with van der Waals surface area (Å²) in [5.41, 5.74) is 1.51. The molecule has 2 aliphatic heterocycles. The zero-order valence-corrected chi connectivity index (χ0v) is 17.0. The number of likely N-dealkylation sites (tertiary alicyclic amines) is 1. The minimum Gasteiger partial charge on any atom is -0.355 e. The Morgan fingerprint density at radius 2 is 1.68 bits per heavy atom. The predicted octanol–water partition coefficient (Wildman–Crippen LogP) is 3.82. The molecule has 0 aliphatic carbocycles. The highest BCUT2D eigenvalue weighted by Gasteiger charge is 2.42. The van der Waals surface area contributed by atoms with Gasteiger partial charge in [-0.2, -0.15) is 0 Å². The predicted molar refractivity (Wildman–Crippen MR) is 110 cm³/mol. The number of aromatic nitrogens is 2. The smallest absolute Gasteiger partial charge is 0.254 e. The summed E-state index contributed by atoms with van der Waals surface area (Å²) in [4.78, 5) is 25.6. The van der Waals surface area contributed by atoms with Crippen molar-refractivity contribution in [2.75, 3.05) is 31.1 Å². The topological polar surface area (TPSA) is 49.3 Å². The molecule has 2 aromatic carbocycles. The second-order valence-electron chi connectivity index (χ2n) is 8.24. The number of carbonyl (C=O) groups is 1. The zero-order valence-electron chi connectivity index (χ0n) is 17.0. The largest absolute Gasteiger partial charge is 0.355 e. The molecule has 0 radical (unpaired) electrons. The van der Waals surface area contributed by atoms with Gasteiger partial charge in [-0.3, -0.25) is 9.78 Å². The lowest BCUT2D eigenvalue weighted by Gasteiger charge is -2.23. The summed E-state index contributed by atoms with van der Waals surface area (Å²) in [6.45, 7) is 4.43. The normalized spacial score (nSPS) is 20.5. The average molecular weight is 426 g/mol. The first kappa shape index (κ1) is 19.8. The third-order valence-electron chi connectivity index (χ3n) is 6.37. The van der Waals surface area contributed by atoms with Crippen LogP contribution in [0.3, 0.4) is 0 Å². The van der Waals surface area contributed by atoms with E-state index in [2.05, 4.69) is 14.9 Å². The van der Waals surface area contributed by atoms with Gasteiger partial charge in [0.15, 0.2) is 11.6 Å². The molecule has 1 amide bonds. The Morgan fingerprint density at radius 3 is 2.35 bits per heavy atom. The molecule has 5 nitrogen and oxygen atoms in total. The Labute approximate surface area is 177 Å². The van der Waals surface area contributed by atoms with Gasteiger partial charge in [0.05, 0.1) is 17.2 Å². The summed E-state index contributed by atoms with van der Waals surface area (Å²) >= 11 is 0. The van der Waals surface area contributed by atoms with Crippen LogP contribution in [0.5, 0.6) is 0 Å². The van der Waals surface area contributed by atoms with Gasteiger partial charge in [-0.05, 0) is 18.6 Å². The molecule has 0 spiro atoms. The molecule has 8 heteroatoms. The summed E-state index contributed by atoms with van der Waals surface area (Å²) in [7, 11) is 0. The fourth-order valence-electron chi connectivity index (χ4n) is 4.79. The summed E-state index contributed by atoms with van der Waals surface area (Å²) in [6, 6.07) is 6.76. The van der Waals surface area contributed by atoms with Crippen LogP contribution in [-0.4, -0.2) is 47.0 Å². The summed E-state index contributed by atoms with van der Waals surface area (Å²) in [5, 5.41) is 0. The van der Waals surface area contributed by atoms with Gasteiger partial charge in [-0.15, -0.1) is 0 Å². The van der Waals surface area contributed by atoms with Crippen LogP contribution in [0.4, 0.5) is 19.0 Å². The Bertz CT molecular complexity index is 1170. The molecule has 2 atom stereocenters. The molecule has 5 rings (SSSR count). The molecule has 0 N–H and O–H groups in total. The third kappa shape index (κ3) is 3.40. The van der Waals surface area contributed by atoms with Crippen LogP contribution in [0.25, 0.3) is 11.0 Å². The summed E-state index contributed by atoms with van der Waals surface area (Å²) in [6.07, 6.45) is 2.04. The van der Waals surface area contributed by atoms with Crippen molar-refractivity contribution in [2.45, 2.75) is 13.3 Å². The van der Waals surface area contributed by atoms with Crippen LogP contribution >= 0.6 is 0 Å². The average Bonchev–Trinajstić information content (AvgIpc) is 3.33. The van der Waals surface area contributed by atoms with Crippen molar-refractivity contribution in [1.29, 1.82) is 0 Å². The van der Waals surface area contributed by atoms with Crippen LogP contribution in [0.15, 0.2) is 36.5 Å². The van der Waals surface area contributed by atoms with Gasteiger partial charge < -0.3 is 9.80 Å². The summed E-state index contributed by atoms with van der Waals surface area (Å²) in [5.74, 6) is -1.21. The molecule has 2 aliphatic rings. The lowest BCUT2D eigenvalue weighted by molar-refractivity contribution is 0.0781. The maximum absolute atomic E-state index is 14.1. The molecule has 3 heterocycles. The van der Waals surface area contributed by atoms with Gasteiger partial charge in [-0.1, -0.05) is 13.0 Å². The van der Waals surface area contributed by atoms with Crippen molar-refractivity contribution in [3.8, 4) is 0 Å². The van der Waals surface area contributed by atoms with E-state index in [9.17, 15) is 18.0 Å². The number of hydrogen-bond acceptors (Lipinski definition) is 4. The van der Waals surface area contributed by atoms with E-state index in [0.717, 1.165) is 12.1 Å². The zero-order chi connectivity index (χ0) is 21.7. The highest BCUT2D eigenvalue weighted by Crippen LogP contribution is 2.34. The second kappa shape index (κ2) is 7.51. The molecule has 2 saturated heterocycles. The Kier molecular flexibility index (Phi) is 4.79. The molecular weight excluding hydrogens is 405 g/mol. The maximum atomic E-state index is 14.1. The fraction of sp³-hybridized carbons (Fsp3) is 0.348. The number of hydrogen-bond donors (Lipinski definition) is 0. The first-order valence-electron chi connectivity index (χ1n) is 10.4. The van der Waals surface area contributed by atoms with Gasteiger partial charge in [0.2, 0.25) is 0 Å². The van der Waals surface area contributed by atoms with E-state index < -0.39 is 11.6 Å². The lowest BCUT2D eigenvalue weighted by Crippen LogP contribution is -2.34. The van der Waals surface area contributed by atoms with E-state index in [1.807, 2.05) is 11.8 Å². The molecule has 0 bridgehead atoms. The van der Waals surface area contributed by atoms with Crippen molar-refractivity contribution >= 4 is 22.8 Å². The quantitative estimate of drug-likeness (QED) is 0.639. The van der Waals surface area contributed by atoms with Crippen molar-refractivity contribution in [2.24, 2.45) is 11.8 Å². The number of halogens is 3. The van der Waals surface area contributed by atoms with Crippen molar-refractivity contribution in [3.63, 3.8) is 0 Å². The van der Waals surface area contributed by atoms with Crippen LogP contribution in [0.1, 0.15) is 22.8 Å². The number of rotatable bonds is 3. The molecule has 1 aromatic heterocycles. The number of amides is 1. The third-order valence-corrected chi connectivity index (χ3v) is 6.37. The van der Waals surface area contributed by atoms with Crippen molar-refractivity contribution < 1.29 is 18.0 Å². The van der Waals surface area contributed by atoms with E-state index in [-0.39, 0.29) is 23.6 Å². The maximum Gasteiger partial charge on any atom is 0.254 e. The minimum absolute atomic E-state index is 0.125. The number of nitrogens with zero attached hydrogens (tertiary/aromatic N) is 4. The highest BCUT2D eigenvalue weighted by molar-refractivity contribution is 5.96. The first-order valence-corrected chi connectivity index (χ1v) is 10.4. The van der Waals surface area contributed by atoms with Gasteiger partial charge in [0.1, 0.15) is 11.6 Å². The van der Waals surface area contributed by atoms with Crippen LogP contribution < -0.4 is 4.90 Å². The van der Waals surface area contributed by atoms with Gasteiger partial charge in [0.25, 0.3) is 5.91 Å². The summed E-state index contributed by atoms with van der Waals surface area (Å²) < 4.78 is 41.1. The molecule has 0 saturated carbocycles. The molecule has 2 unspecified atom stereocenters. The Balaban J connectivity index is 1.31. The van der Waals surface area contributed by atoms with E-state index in [0.29, 0.717) is 60.6 Å². The van der Waals surface area contributed by atoms with E-state index >= 15 is 0 Å². The first-order chi connectivity index (χ1) is 14.9. The van der Waals surface area contributed by atoms with Crippen LogP contribution in [0.2, 0.25) is 0 Å². The number of carbonyl (C=O) groups excluding carboxylic acids is 1. The van der Waals surface area contributed by atoms with Gasteiger partial charge in [0, 0.05) is 61.3 Å². The van der Waals surface area contributed by atoms with Crippen LogP contribution in [-0.2, 0) is 6.42 Å². The molecule has 160 valence electrons. The van der Waals surface area contributed by atoms with E-state index in [1.165, 1.54) is 6.07 Å². The fourth-order valence-corrected chi connectivity index (χ4v) is 4.79. The number of benzene rings is 2. The van der Waals surface area contributed by atoms with Crippen molar-refractivity contribution in [1.82, 2.24) is 14.9 Å². The van der Waals surface area contributed by atoms with E-state index in [4.69, 9.17) is 0 Å². The minimum atomic E-state index is -0.949. The standard InChI is InChI=1S/C23H21F3N4O/c1-2-15-16(4-3-5-17(15)24)23(31)30-11-13-9-29(10-14(13)12-30)22-8-27-20-6-18(25)19(26)7-21(20)28-22/h3-8,13-14H,2,9-12H2,1H3. The highest BCUT2D eigenvalue weighted by atomic mass is 19.2. The molecule has 3 aromatic rings. The Hall–Kier alpha value is -3.16.